The van der Waals surface area contributed by atoms with Gasteiger partial charge in [0.15, 0.2) is 0 Å². The van der Waals surface area contributed by atoms with E-state index in [-0.39, 0.29) is 5.91 Å². The van der Waals surface area contributed by atoms with E-state index >= 15 is 0 Å². The summed E-state index contributed by atoms with van der Waals surface area (Å²) >= 11 is 0. The molecule has 0 saturated carbocycles. The van der Waals surface area contributed by atoms with Crippen LogP contribution in [0.1, 0.15) is 97.3 Å². The van der Waals surface area contributed by atoms with Gasteiger partial charge in [-0.1, -0.05) is 76.0 Å². The fourth-order valence-electron chi connectivity index (χ4n) is 3.64. The number of allylic oxidation sites excluding steroid dienone is 3. The molecule has 0 aromatic carbocycles. The highest BCUT2D eigenvalue weighted by molar-refractivity contribution is 5.87. The van der Waals surface area contributed by atoms with E-state index in [2.05, 4.69) is 56.2 Å². The second kappa shape index (κ2) is 22.1. The molecule has 1 N–H and O–H groups in total. The van der Waals surface area contributed by atoms with E-state index < -0.39 is 0 Å². The molecule has 31 heavy (non-hydrogen) atoms. The molecule has 0 aromatic heterocycles. The van der Waals surface area contributed by atoms with E-state index in [4.69, 9.17) is 0 Å². The molecule has 182 valence electrons. The number of hydrogen-bond donors (Lipinski definition) is 1. The molecular weight excluding hydrogens is 382 g/mol. The van der Waals surface area contributed by atoms with Crippen LogP contribution in [0.2, 0.25) is 0 Å². The summed E-state index contributed by atoms with van der Waals surface area (Å²) in [6.45, 7) is 8.50. The summed E-state index contributed by atoms with van der Waals surface area (Å²) in [5.41, 5.74) is 1.36. The van der Waals surface area contributed by atoms with Crippen molar-refractivity contribution in [2.24, 2.45) is 0 Å². The van der Waals surface area contributed by atoms with Gasteiger partial charge >= 0.3 is 0 Å². The van der Waals surface area contributed by atoms with E-state index in [0.29, 0.717) is 0 Å². The molecule has 0 radical (unpaired) electrons. The van der Waals surface area contributed by atoms with Gasteiger partial charge < -0.3 is 15.1 Å². The second-order valence-electron chi connectivity index (χ2n) is 9.41. The van der Waals surface area contributed by atoms with Gasteiger partial charge in [-0.05, 0) is 79.8 Å². The van der Waals surface area contributed by atoms with Crippen molar-refractivity contribution >= 4 is 5.91 Å². The lowest BCUT2D eigenvalue weighted by Gasteiger charge is -2.17. The molecule has 0 spiro atoms. The average Bonchev–Trinajstić information content (AvgIpc) is 2.73. The second-order valence-corrected chi connectivity index (χ2v) is 9.41. The summed E-state index contributed by atoms with van der Waals surface area (Å²) in [7, 11) is 6.41. The van der Waals surface area contributed by atoms with Crippen molar-refractivity contribution in [1.82, 2.24) is 15.1 Å². The first-order valence-corrected chi connectivity index (χ1v) is 12.9. The van der Waals surface area contributed by atoms with Crippen LogP contribution in [0.5, 0.6) is 0 Å². The van der Waals surface area contributed by atoms with Crippen LogP contribution in [0, 0.1) is 0 Å². The lowest BCUT2D eigenvalue weighted by Crippen LogP contribution is -2.27. The summed E-state index contributed by atoms with van der Waals surface area (Å²) in [6, 6.07) is 0. The molecule has 0 heterocycles. The Bertz CT molecular complexity index is 471. The van der Waals surface area contributed by atoms with Crippen molar-refractivity contribution in [3.63, 3.8) is 0 Å². The molecule has 4 nitrogen and oxygen atoms in total. The van der Waals surface area contributed by atoms with Crippen molar-refractivity contribution in [2.45, 2.75) is 97.3 Å². The highest BCUT2D eigenvalue weighted by Gasteiger charge is 2.00. The van der Waals surface area contributed by atoms with Crippen LogP contribution in [-0.4, -0.2) is 63.0 Å². The molecule has 0 unspecified atom stereocenters. The maximum atomic E-state index is 11.9. The standard InChI is InChI=1S/C27H53N3O/c1-6-7-8-9-10-11-12-13-14-19-26(2)20-17-21-27(31)28-22-18-25-30(5)24-16-15-23-29(3)4/h17,20-21H,6-16,18-19,22-25H2,1-5H3,(H,28,31)/b21-17+,26-20+. The summed E-state index contributed by atoms with van der Waals surface area (Å²) in [6.07, 6.45) is 22.5. The number of carbonyl (C=O) groups excluding carboxylic acids is 1. The van der Waals surface area contributed by atoms with Crippen molar-refractivity contribution < 1.29 is 4.79 Å². The van der Waals surface area contributed by atoms with Crippen LogP contribution in [-0.2, 0) is 4.79 Å². The third kappa shape index (κ3) is 23.4. The van der Waals surface area contributed by atoms with Crippen LogP contribution in [0.3, 0.4) is 0 Å². The van der Waals surface area contributed by atoms with Crippen LogP contribution in [0.15, 0.2) is 23.8 Å². The Balaban J connectivity index is 3.64. The van der Waals surface area contributed by atoms with Gasteiger partial charge in [0.05, 0.1) is 0 Å². The highest BCUT2D eigenvalue weighted by atomic mass is 16.1. The molecule has 0 fully saturated rings. The summed E-state index contributed by atoms with van der Waals surface area (Å²) in [5, 5.41) is 2.99. The monoisotopic (exact) mass is 435 g/mol. The van der Waals surface area contributed by atoms with Crippen LogP contribution >= 0.6 is 0 Å². The molecule has 0 aromatic rings. The molecular formula is C27H53N3O. The highest BCUT2D eigenvalue weighted by Crippen LogP contribution is 2.13. The third-order valence-electron chi connectivity index (χ3n) is 5.71. The molecule has 4 heteroatoms. The Kier molecular flexibility index (Phi) is 21.3. The summed E-state index contributed by atoms with van der Waals surface area (Å²) in [5.74, 6) is 0.0146. The third-order valence-corrected chi connectivity index (χ3v) is 5.71. The molecule has 0 aliphatic rings. The molecule has 0 aliphatic carbocycles. The maximum absolute atomic E-state index is 11.9. The topological polar surface area (TPSA) is 35.6 Å². The first kappa shape index (κ1) is 29.9. The number of carbonyl (C=O) groups is 1. The Morgan fingerprint density at radius 3 is 2.00 bits per heavy atom. The van der Waals surface area contributed by atoms with Gasteiger partial charge in [0.25, 0.3) is 0 Å². The van der Waals surface area contributed by atoms with Crippen molar-refractivity contribution in [2.75, 3.05) is 47.3 Å². The van der Waals surface area contributed by atoms with Gasteiger partial charge in [0.1, 0.15) is 0 Å². The smallest absolute Gasteiger partial charge is 0.243 e. The van der Waals surface area contributed by atoms with Gasteiger partial charge in [-0.15, -0.1) is 0 Å². The maximum Gasteiger partial charge on any atom is 0.243 e. The van der Waals surface area contributed by atoms with Gasteiger partial charge in [-0.2, -0.15) is 0 Å². The zero-order valence-corrected chi connectivity index (χ0v) is 21.6. The molecule has 1 amide bonds. The van der Waals surface area contributed by atoms with Gasteiger partial charge in [0, 0.05) is 12.6 Å². The quantitative estimate of drug-likeness (QED) is 0.133. The van der Waals surface area contributed by atoms with Gasteiger partial charge in [-0.25, -0.2) is 0 Å². The predicted octanol–water partition coefficient (Wildman–Crippen LogP) is 6.19. The van der Waals surface area contributed by atoms with Crippen LogP contribution in [0.25, 0.3) is 0 Å². The van der Waals surface area contributed by atoms with Crippen LogP contribution in [0.4, 0.5) is 0 Å². The summed E-state index contributed by atoms with van der Waals surface area (Å²) < 4.78 is 0. The molecule has 0 atom stereocenters. The first-order chi connectivity index (χ1) is 15.0. The number of rotatable bonds is 21. The largest absolute Gasteiger partial charge is 0.353 e. The zero-order chi connectivity index (χ0) is 23.2. The number of hydrogen-bond acceptors (Lipinski definition) is 3. The van der Waals surface area contributed by atoms with E-state index in [0.717, 1.165) is 39.0 Å². The fraction of sp³-hybridized carbons (Fsp3) is 0.815. The lowest BCUT2D eigenvalue weighted by molar-refractivity contribution is -0.116. The molecule has 0 bridgehead atoms. The molecule has 0 saturated heterocycles. The SMILES string of the molecule is CCCCCCCCCCC/C(C)=C/C=C/C(=O)NCCCN(C)CCCCN(C)C. The minimum atomic E-state index is 0.0146. The van der Waals surface area contributed by atoms with Crippen molar-refractivity contribution in [1.29, 1.82) is 0 Å². The van der Waals surface area contributed by atoms with Gasteiger partial charge in [-0.3, -0.25) is 4.79 Å². The van der Waals surface area contributed by atoms with Crippen molar-refractivity contribution in [3.05, 3.63) is 23.8 Å². The van der Waals surface area contributed by atoms with E-state index in [1.54, 1.807) is 6.08 Å². The average molecular weight is 436 g/mol. The normalized spacial score (nSPS) is 12.4. The molecule has 0 aliphatic heterocycles. The predicted molar refractivity (Wildman–Crippen MR) is 138 cm³/mol. The fourth-order valence-corrected chi connectivity index (χ4v) is 3.64. The van der Waals surface area contributed by atoms with E-state index in [1.807, 2.05) is 6.08 Å². The zero-order valence-electron chi connectivity index (χ0n) is 21.6. The number of unbranched alkanes of at least 4 members (excludes halogenated alkanes) is 9. The number of nitrogens with zero attached hydrogens (tertiary/aromatic N) is 2. The van der Waals surface area contributed by atoms with E-state index in [9.17, 15) is 4.79 Å². The Labute approximate surface area is 194 Å². The first-order valence-electron chi connectivity index (χ1n) is 12.9. The van der Waals surface area contributed by atoms with Gasteiger partial charge in [0.2, 0.25) is 5.91 Å². The Morgan fingerprint density at radius 2 is 1.35 bits per heavy atom. The Hall–Kier alpha value is -1.13. The number of nitrogens with one attached hydrogen (secondary N) is 1. The number of amides is 1. The summed E-state index contributed by atoms with van der Waals surface area (Å²) in [4.78, 5) is 16.5. The van der Waals surface area contributed by atoms with Crippen LogP contribution < -0.4 is 5.32 Å². The van der Waals surface area contributed by atoms with Crippen molar-refractivity contribution in [3.8, 4) is 0 Å². The minimum absolute atomic E-state index is 0.0146. The van der Waals surface area contributed by atoms with E-state index in [1.165, 1.54) is 76.2 Å². The molecule has 0 rings (SSSR count). The Morgan fingerprint density at radius 1 is 0.774 bits per heavy atom. The minimum Gasteiger partial charge on any atom is -0.353 e. The lowest BCUT2D eigenvalue weighted by atomic mass is 10.0.